The van der Waals surface area contributed by atoms with Crippen molar-refractivity contribution in [3.05, 3.63) is 0 Å². The van der Waals surface area contributed by atoms with Crippen molar-refractivity contribution in [3.63, 3.8) is 0 Å². The Kier molecular flexibility index (Phi) is 7.63. The van der Waals surface area contributed by atoms with Crippen LogP contribution in [0.3, 0.4) is 0 Å². The second-order valence-corrected chi connectivity index (χ2v) is 7.44. The lowest BCUT2D eigenvalue weighted by atomic mass is 10.1. The maximum absolute atomic E-state index is 4.40. The molecule has 0 spiro atoms. The van der Waals surface area contributed by atoms with Crippen LogP contribution in [0, 0.1) is 5.92 Å². The summed E-state index contributed by atoms with van der Waals surface area (Å²) in [6, 6.07) is 1.33. The van der Waals surface area contributed by atoms with E-state index in [0.717, 1.165) is 31.5 Å². The predicted octanol–water partition coefficient (Wildman–Crippen LogP) is 1.76. The maximum Gasteiger partial charge on any atom is 0.191 e. The van der Waals surface area contributed by atoms with Crippen LogP contribution >= 0.6 is 0 Å². The second kappa shape index (κ2) is 9.48. The van der Waals surface area contributed by atoms with Crippen LogP contribution in [-0.4, -0.2) is 74.2 Å². The minimum absolute atomic E-state index is 0.662. The molecule has 0 aromatic rings. The number of hydrogen-bond donors (Lipinski definition) is 2. The van der Waals surface area contributed by atoms with Crippen molar-refractivity contribution in [2.24, 2.45) is 10.9 Å². The van der Waals surface area contributed by atoms with Crippen molar-refractivity contribution in [1.29, 1.82) is 0 Å². The zero-order valence-corrected chi connectivity index (χ0v) is 15.6. The van der Waals surface area contributed by atoms with E-state index in [4.69, 9.17) is 0 Å². The fourth-order valence-corrected chi connectivity index (χ4v) is 4.03. The Hall–Kier alpha value is -0.810. The van der Waals surface area contributed by atoms with E-state index >= 15 is 0 Å². The summed E-state index contributed by atoms with van der Waals surface area (Å²) in [5.41, 5.74) is 0. The SMILES string of the molecule is CCN1CCCC1CNC(=NC)NC[C@H]1CCCN1CC(C)C. The number of likely N-dealkylation sites (N-methyl/N-ethyl adjacent to an activating group) is 1. The monoisotopic (exact) mass is 323 g/mol. The van der Waals surface area contributed by atoms with Gasteiger partial charge in [-0.3, -0.25) is 14.8 Å². The first kappa shape index (κ1) is 18.5. The molecule has 2 rings (SSSR count). The number of rotatable bonds is 7. The summed E-state index contributed by atoms with van der Waals surface area (Å²) >= 11 is 0. The van der Waals surface area contributed by atoms with E-state index in [-0.39, 0.29) is 0 Å². The molecule has 23 heavy (non-hydrogen) atoms. The highest BCUT2D eigenvalue weighted by molar-refractivity contribution is 5.79. The highest BCUT2D eigenvalue weighted by atomic mass is 15.2. The van der Waals surface area contributed by atoms with E-state index in [9.17, 15) is 0 Å². The number of nitrogens with zero attached hydrogens (tertiary/aromatic N) is 3. The topological polar surface area (TPSA) is 42.9 Å². The average molecular weight is 324 g/mol. The van der Waals surface area contributed by atoms with Gasteiger partial charge in [0.15, 0.2) is 5.96 Å². The lowest BCUT2D eigenvalue weighted by Crippen LogP contribution is -2.48. The third-order valence-electron chi connectivity index (χ3n) is 5.24. The van der Waals surface area contributed by atoms with E-state index in [1.807, 2.05) is 7.05 Å². The molecule has 0 amide bonds. The van der Waals surface area contributed by atoms with Gasteiger partial charge in [0.25, 0.3) is 0 Å². The molecule has 2 heterocycles. The second-order valence-electron chi connectivity index (χ2n) is 7.44. The van der Waals surface area contributed by atoms with Gasteiger partial charge in [-0.05, 0) is 51.2 Å². The lowest BCUT2D eigenvalue weighted by molar-refractivity contribution is 0.226. The summed E-state index contributed by atoms with van der Waals surface area (Å²) in [6.07, 6.45) is 5.28. The Morgan fingerprint density at radius 1 is 1.04 bits per heavy atom. The summed E-state index contributed by atoms with van der Waals surface area (Å²) < 4.78 is 0. The van der Waals surface area contributed by atoms with Crippen molar-refractivity contribution in [2.75, 3.05) is 46.3 Å². The zero-order chi connectivity index (χ0) is 16.7. The summed E-state index contributed by atoms with van der Waals surface area (Å²) in [6.45, 7) is 13.8. The molecule has 134 valence electrons. The van der Waals surface area contributed by atoms with Gasteiger partial charge in [0.05, 0.1) is 0 Å². The molecule has 0 aromatic heterocycles. The molecule has 2 fully saturated rings. The van der Waals surface area contributed by atoms with Gasteiger partial charge in [-0.15, -0.1) is 0 Å². The van der Waals surface area contributed by atoms with E-state index in [0.29, 0.717) is 12.1 Å². The molecule has 0 bridgehead atoms. The minimum Gasteiger partial charge on any atom is -0.355 e. The van der Waals surface area contributed by atoms with Crippen LogP contribution in [-0.2, 0) is 0 Å². The molecule has 0 saturated carbocycles. The van der Waals surface area contributed by atoms with Gasteiger partial charge in [-0.1, -0.05) is 20.8 Å². The molecule has 2 saturated heterocycles. The fraction of sp³-hybridized carbons (Fsp3) is 0.944. The summed E-state index contributed by atoms with van der Waals surface area (Å²) in [7, 11) is 1.88. The molecule has 0 aliphatic carbocycles. The van der Waals surface area contributed by atoms with E-state index in [1.165, 1.54) is 45.3 Å². The van der Waals surface area contributed by atoms with Crippen molar-refractivity contribution in [1.82, 2.24) is 20.4 Å². The minimum atomic E-state index is 0.662. The molecular weight excluding hydrogens is 286 g/mol. The third kappa shape index (κ3) is 5.64. The number of nitrogens with one attached hydrogen (secondary N) is 2. The average Bonchev–Trinajstić information content (AvgIpc) is 3.16. The van der Waals surface area contributed by atoms with E-state index in [2.05, 4.69) is 46.2 Å². The van der Waals surface area contributed by atoms with Gasteiger partial charge in [0.2, 0.25) is 0 Å². The Bertz CT molecular complexity index is 368. The first-order valence-electron chi connectivity index (χ1n) is 9.56. The third-order valence-corrected chi connectivity index (χ3v) is 5.24. The van der Waals surface area contributed by atoms with Gasteiger partial charge in [0.1, 0.15) is 0 Å². The summed E-state index contributed by atoms with van der Waals surface area (Å²) in [5, 5.41) is 7.08. The van der Waals surface area contributed by atoms with Gasteiger partial charge < -0.3 is 10.6 Å². The van der Waals surface area contributed by atoms with Crippen molar-refractivity contribution < 1.29 is 0 Å². The first-order chi connectivity index (χ1) is 11.1. The van der Waals surface area contributed by atoms with Crippen LogP contribution < -0.4 is 10.6 Å². The fourth-order valence-electron chi connectivity index (χ4n) is 4.03. The maximum atomic E-state index is 4.40. The molecule has 1 unspecified atom stereocenters. The molecule has 5 heteroatoms. The molecule has 0 aromatic carbocycles. The molecule has 2 aliphatic heterocycles. The molecule has 2 aliphatic rings. The number of guanidine groups is 1. The smallest absolute Gasteiger partial charge is 0.191 e. The van der Waals surface area contributed by atoms with Gasteiger partial charge in [0, 0.05) is 38.8 Å². The van der Waals surface area contributed by atoms with Gasteiger partial charge >= 0.3 is 0 Å². The van der Waals surface area contributed by atoms with E-state index in [1.54, 1.807) is 0 Å². The Morgan fingerprint density at radius 2 is 1.61 bits per heavy atom. The van der Waals surface area contributed by atoms with Crippen LogP contribution in [0.1, 0.15) is 46.5 Å². The Labute approximate surface area is 142 Å². The molecular formula is C18H37N5. The van der Waals surface area contributed by atoms with Crippen LogP contribution in [0.25, 0.3) is 0 Å². The van der Waals surface area contributed by atoms with Crippen molar-refractivity contribution in [3.8, 4) is 0 Å². The normalized spacial score (nSPS) is 27.1. The number of hydrogen-bond acceptors (Lipinski definition) is 3. The first-order valence-corrected chi connectivity index (χ1v) is 9.56. The molecule has 2 N–H and O–H groups in total. The quantitative estimate of drug-likeness (QED) is 0.553. The van der Waals surface area contributed by atoms with Crippen LogP contribution in [0.5, 0.6) is 0 Å². The molecule has 0 radical (unpaired) electrons. The zero-order valence-electron chi connectivity index (χ0n) is 15.6. The van der Waals surface area contributed by atoms with Crippen LogP contribution in [0.4, 0.5) is 0 Å². The largest absolute Gasteiger partial charge is 0.355 e. The molecule has 5 nitrogen and oxygen atoms in total. The van der Waals surface area contributed by atoms with E-state index < -0.39 is 0 Å². The number of likely N-dealkylation sites (tertiary alicyclic amines) is 2. The van der Waals surface area contributed by atoms with Crippen LogP contribution in [0.2, 0.25) is 0 Å². The molecule has 2 atom stereocenters. The van der Waals surface area contributed by atoms with Crippen LogP contribution in [0.15, 0.2) is 4.99 Å². The highest BCUT2D eigenvalue weighted by Crippen LogP contribution is 2.18. The van der Waals surface area contributed by atoms with Crippen molar-refractivity contribution >= 4 is 5.96 Å². The standard InChI is InChI=1S/C18H37N5/c1-5-22-10-6-8-16(22)12-20-18(19-4)21-13-17-9-7-11-23(17)14-15(2)3/h15-17H,5-14H2,1-4H3,(H2,19,20,21)/t16?,17-/m1/s1. The van der Waals surface area contributed by atoms with Gasteiger partial charge in [-0.25, -0.2) is 0 Å². The highest BCUT2D eigenvalue weighted by Gasteiger charge is 2.25. The van der Waals surface area contributed by atoms with Gasteiger partial charge in [-0.2, -0.15) is 0 Å². The summed E-state index contributed by atoms with van der Waals surface area (Å²) in [5.74, 6) is 1.71. The van der Waals surface area contributed by atoms with Crippen molar-refractivity contribution in [2.45, 2.75) is 58.5 Å². The lowest BCUT2D eigenvalue weighted by Gasteiger charge is -2.27. The Balaban J connectivity index is 1.72. The number of aliphatic imine (C=N–C) groups is 1. The Morgan fingerprint density at radius 3 is 2.13 bits per heavy atom. The predicted molar refractivity (Wildman–Crippen MR) is 99.1 cm³/mol. The summed E-state index contributed by atoms with van der Waals surface area (Å²) in [4.78, 5) is 9.61.